The van der Waals surface area contributed by atoms with Gasteiger partial charge in [-0.05, 0) is 17.7 Å². The van der Waals surface area contributed by atoms with E-state index in [1.165, 1.54) is 4.90 Å². The number of hydrogen-bond acceptors (Lipinski definition) is 4. The summed E-state index contributed by atoms with van der Waals surface area (Å²) in [6.45, 7) is 0. The number of carbonyl (C=O) groups is 1. The molecule has 0 radical (unpaired) electrons. The zero-order valence-electron chi connectivity index (χ0n) is 14.0. The molecule has 0 aliphatic heterocycles. The molecule has 1 unspecified atom stereocenters. The van der Waals surface area contributed by atoms with Gasteiger partial charge in [-0.2, -0.15) is 0 Å². The third-order valence-corrected chi connectivity index (χ3v) is 3.53. The van der Waals surface area contributed by atoms with Crippen LogP contribution in [0.4, 0.5) is 4.79 Å². The minimum absolute atomic E-state index is 0.201. The predicted molar refractivity (Wildman–Crippen MR) is 86.8 cm³/mol. The van der Waals surface area contributed by atoms with Crippen molar-refractivity contribution in [2.75, 3.05) is 28.3 Å². The van der Waals surface area contributed by atoms with Crippen molar-refractivity contribution in [2.24, 2.45) is 7.05 Å². The van der Waals surface area contributed by atoms with Gasteiger partial charge in [0.25, 0.3) is 0 Å². The Morgan fingerprint density at radius 2 is 1.96 bits per heavy atom. The van der Waals surface area contributed by atoms with Crippen molar-refractivity contribution in [1.29, 1.82) is 0 Å². The monoisotopic (exact) mass is 318 g/mol. The summed E-state index contributed by atoms with van der Waals surface area (Å²) in [5.74, 6) is 1.96. The summed E-state index contributed by atoms with van der Waals surface area (Å²) in [5, 5.41) is 2.97. The van der Waals surface area contributed by atoms with Gasteiger partial charge in [-0.15, -0.1) is 0 Å². The molecule has 0 saturated carbocycles. The van der Waals surface area contributed by atoms with E-state index in [4.69, 9.17) is 9.47 Å². The molecule has 0 bridgehead atoms. The van der Waals surface area contributed by atoms with E-state index in [0.717, 1.165) is 11.4 Å². The molecule has 7 heteroatoms. The van der Waals surface area contributed by atoms with E-state index in [2.05, 4.69) is 10.3 Å². The van der Waals surface area contributed by atoms with Crippen LogP contribution in [0, 0.1) is 0 Å². The molecule has 1 atom stereocenters. The van der Waals surface area contributed by atoms with E-state index in [0.29, 0.717) is 11.5 Å². The number of nitrogens with zero attached hydrogens (tertiary/aromatic N) is 3. The number of methoxy groups -OCH3 is 2. The number of carbonyl (C=O) groups excluding carboxylic acids is 1. The molecule has 0 saturated heterocycles. The Morgan fingerprint density at radius 1 is 1.26 bits per heavy atom. The van der Waals surface area contributed by atoms with E-state index < -0.39 is 6.04 Å². The molecule has 1 aromatic heterocycles. The van der Waals surface area contributed by atoms with Crippen molar-refractivity contribution in [1.82, 2.24) is 19.8 Å². The highest BCUT2D eigenvalue weighted by Gasteiger charge is 2.22. The van der Waals surface area contributed by atoms with Crippen LogP contribution in [0.3, 0.4) is 0 Å². The second-order valence-corrected chi connectivity index (χ2v) is 5.29. The molecule has 1 heterocycles. The number of aromatic nitrogens is 2. The molecule has 0 fully saturated rings. The molecular weight excluding hydrogens is 296 g/mol. The molecule has 1 N–H and O–H groups in total. The van der Waals surface area contributed by atoms with Gasteiger partial charge in [0.15, 0.2) is 11.5 Å². The summed E-state index contributed by atoms with van der Waals surface area (Å²) >= 11 is 0. The predicted octanol–water partition coefficient (Wildman–Crippen LogP) is 1.80. The number of aryl methyl sites for hydroxylation is 1. The van der Waals surface area contributed by atoms with Crippen LogP contribution in [0.5, 0.6) is 11.5 Å². The fourth-order valence-electron chi connectivity index (χ4n) is 2.24. The Hall–Kier alpha value is -2.70. The van der Waals surface area contributed by atoms with Crippen molar-refractivity contribution in [3.05, 3.63) is 42.0 Å². The molecule has 23 heavy (non-hydrogen) atoms. The first-order valence-electron chi connectivity index (χ1n) is 7.15. The van der Waals surface area contributed by atoms with Crippen LogP contribution in [0.1, 0.15) is 17.4 Å². The maximum absolute atomic E-state index is 12.1. The lowest BCUT2D eigenvalue weighted by Crippen LogP contribution is -2.38. The van der Waals surface area contributed by atoms with Gasteiger partial charge in [0, 0.05) is 33.5 Å². The summed E-state index contributed by atoms with van der Waals surface area (Å²) in [4.78, 5) is 18.0. The lowest BCUT2D eigenvalue weighted by Gasteiger charge is -2.22. The fourth-order valence-corrected chi connectivity index (χ4v) is 2.24. The maximum Gasteiger partial charge on any atom is 0.317 e. The molecule has 0 spiro atoms. The normalized spacial score (nSPS) is 11.7. The highest BCUT2D eigenvalue weighted by molar-refractivity contribution is 5.74. The Morgan fingerprint density at radius 3 is 2.48 bits per heavy atom. The lowest BCUT2D eigenvalue weighted by molar-refractivity contribution is 0.214. The summed E-state index contributed by atoms with van der Waals surface area (Å²) in [6.07, 6.45) is 3.54. The van der Waals surface area contributed by atoms with Crippen molar-refractivity contribution < 1.29 is 14.3 Å². The summed E-state index contributed by atoms with van der Waals surface area (Å²) in [5.41, 5.74) is 0.854. The van der Waals surface area contributed by atoms with Crippen LogP contribution < -0.4 is 14.8 Å². The van der Waals surface area contributed by atoms with Crippen LogP contribution in [0.15, 0.2) is 30.6 Å². The number of amides is 2. The molecule has 2 rings (SSSR count). The second-order valence-electron chi connectivity index (χ2n) is 5.29. The van der Waals surface area contributed by atoms with E-state index in [-0.39, 0.29) is 6.03 Å². The highest BCUT2D eigenvalue weighted by atomic mass is 16.5. The minimum Gasteiger partial charge on any atom is -0.493 e. The first-order chi connectivity index (χ1) is 11.0. The number of urea groups is 1. The van der Waals surface area contributed by atoms with Crippen LogP contribution >= 0.6 is 0 Å². The van der Waals surface area contributed by atoms with Crippen molar-refractivity contribution in [2.45, 2.75) is 6.04 Å². The molecule has 1 aromatic carbocycles. The van der Waals surface area contributed by atoms with Gasteiger partial charge in [-0.3, -0.25) is 0 Å². The van der Waals surface area contributed by atoms with Gasteiger partial charge in [0.1, 0.15) is 11.9 Å². The van der Waals surface area contributed by atoms with Crippen molar-refractivity contribution in [3.63, 3.8) is 0 Å². The Balaban J connectivity index is 2.45. The van der Waals surface area contributed by atoms with E-state index in [1.807, 2.05) is 36.0 Å². The third kappa shape index (κ3) is 3.56. The summed E-state index contributed by atoms with van der Waals surface area (Å²) < 4.78 is 12.5. The van der Waals surface area contributed by atoms with Gasteiger partial charge in [0.05, 0.1) is 14.2 Å². The number of hydrogen-bond donors (Lipinski definition) is 1. The Bertz CT molecular complexity index is 682. The van der Waals surface area contributed by atoms with E-state index >= 15 is 0 Å². The van der Waals surface area contributed by atoms with Gasteiger partial charge in [-0.25, -0.2) is 9.78 Å². The average Bonchev–Trinajstić information content (AvgIpc) is 2.97. The van der Waals surface area contributed by atoms with Gasteiger partial charge >= 0.3 is 6.03 Å². The summed E-state index contributed by atoms with van der Waals surface area (Å²) in [6, 6.07) is 4.94. The van der Waals surface area contributed by atoms with E-state index in [9.17, 15) is 4.79 Å². The number of imidazole rings is 1. The van der Waals surface area contributed by atoms with Crippen molar-refractivity contribution in [3.8, 4) is 11.5 Å². The Kier molecular flexibility index (Phi) is 5.10. The van der Waals surface area contributed by atoms with Gasteiger partial charge < -0.3 is 24.3 Å². The molecule has 2 amide bonds. The number of rotatable bonds is 5. The topological polar surface area (TPSA) is 68.6 Å². The van der Waals surface area contributed by atoms with Crippen LogP contribution in [-0.2, 0) is 7.05 Å². The number of benzene rings is 1. The van der Waals surface area contributed by atoms with Gasteiger partial charge in [0.2, 0.25) is 0 Å². The molecule has 7 nitrogen and oxygen atoms in total. The molecule has 2 aromatic rings. The fraction of sp³-hybridized carbons (Fsp3) is 0.375. The highest BCUT2D eigenvalue weighted by Crippen LogP contribution is 2.31. The second kappa shape index (κ2) is 7.04. The number of nitrogens with one attached hydrogen (secondary N) is 1. The maximum atomic E-state index is 12.1. The third-order valence-electron chi connectivity index (χ3n) is 3.53. The Labute approximate surface area is 135 Å². The zero-order chi connectivity index (χ0) is 17.0. The average molecular weight is 318 g/mol. The van der Waals surface area contributed by atoms with Gasteiger partial charge in [-0.1, -0.05) is 6.07 Å². The molecule has 124 valence electrons. The standard InChI is InChI=1S/C16H22N4O3/c1-19(2)16(21)18-14(15-17-8-9-20(15)3)11-6-7-12(22-4)13(10-11)23-5/h6-10,14H,1-5H3,(H,18,21). The molecule has 0 aliphatic carbocycles. The first-order valence-corrected chi connectivity index (χ1v) is 7.15. The van der Waals surface area contributed by atoms with Crippen LogP contribution in [0.2, 0.25) is 0 Å². The largest absolute Gasteiger partial charge is 0.493 e. The molecule has 0 aliphatic rings. The quantitative estimate of drug-likeness (QED) is 0.913. The smallest absolute Gasteiger partial charge is 0.317 e. The van der Waals surface area contributed by atoms with Crippen LogP contribution in [0.25, 0.3) is 0 Å². The first kappa shape index (κ1) is 16.7. The SMILES string of the molecule is COc1ccc(C(NC(=O)N(C)C)c2nccn2C)cc1OC. The lowest BCUT2D eigenvalue weighted by atomic mass is 10.1. The molecular formula is C16H22N4O3. The van der Waals surface area contributed by atoms with E-state index in [1.54, 1.807) is 34.5 Å². The zero-order valence-corrected chi connectivity index (χ0v) is 14.0. The number of ether oxygens (including phenoxy) is 2. The summed E-state index contributed by atoms with van der Waals surface area (Å²) in [7, 11) is 8.44. The van der Waals surface area contributed by atoms with Crippen molar-refractivity contribution >= 4 is 6.03 Å². The minimum atomic E-state index is -0.398. The van der Waals surface area contributed by atoms with Crippen LogP contribution in [-0.4, -0.2) is 48.8 Å².